The Balaban J connectivity index is 1.38. The Bertz CT molecular complexity index is 290. The van der Waals surface area contributed by atoms with Gasteiger partial charge in [0.15, 0.2) is 0 Å². The third kappa shape index (κ3) is 8.93. The van der Waals surface area contributed by atoms with Crippen LogP contribution in [-0.4, -0.2) is 88.9 Å². The highest BCUT2D eigenvalue weighted by Gasteiger charge is 2.19. The molecule has 0 aromatic carbocycles. The zero-order valence-corrected chi connectivity index (χ0v) is 13.3. The van der Waals surface area contributed by atoms with Gasteiger partial charge in [-0.3, -0.25) is 21.7 Å². The molecule has 0 amide bonds. The fourth-order valence-electron chi connectivity index (χ4n) is 1.94. The number of aliphatic hydroxyl groups is 1. The molecule has 2 rings (SSSR count). The van der Waals surface area contributed by atoms with Gasteiger partial charge in [0.2, 0.25) is 0 Å². The second-order valence-corrected chi connectivity index (χ2v) is 5.90. The summed E-state index contributed by atoms with van der Waals surface area (Å²) in [6, 6.07) is 1.20. The molecule has 0 radical (unpaired) electrons. The van der Waals surface area contributed by atoms with Gasteiger partial charge in [-0.25, -0.2) is 0 Å². The van der Waals surface area contributed by atoms with Crippen LogP contribution in [0.1, 0.15) is 0 Å². The highest BCUT2D eigenvalue weighted by Crippen LogP contribution is 1.92. The summed E-state index contributed by atoms with van der Waals surface area (Å²) in [4.78, 5) is 0. The Morgan fingerprint density at radius 2 is 1.55 bits per heavy atom. The van der Waals surface area contributed by atoms with Crippen LogP contribution in [-0.2, 0) is 4.74 Å². The largest absolute Gasteiger partial charge is 0.390 e. The molecule has 2 aliphatic rings. The molecule has 9 nitrogen and oxygen atoms in total. The third-order valence-corrected chi connectivity index (χ3v) is 3.69. The van der Waals surface area contributed by atoms with E-state index >= 15 is 0 Å². The first-order valence-electron chi connectivity index (χ1n) is 8.07. The molecule has 0 aliphatic carbocycles. The van der Waals surface area contributed by atoms with E-state index in [0.717, 1.165) is 32.7 Å². The van der Waals surface area contributed by atoms with E-state index in [4.69, 9.17) is 4.74 Å². The molecule has 130 valence electrons. The SMILES string of the molecule is COC(CNCC(O)CNNCC1CN1)CNNCC1CN1. The Hall–Kier alpha value is -0.360. The molecule has 0 saturated carbocycles. The normalized spacial score (nSPS) is 25.9. The lowest BCUT2D eigenvalue weighted by Crippen LogP contribution is -2.47. The highest BCUT2D eigenvalue weighted by atomic mass is 16.5. The molecule has 0 bridgehead atoms. The molecular weight excluding hydrogens is 286 g/mol. The van der Waals surface area contributed by atoms with Gasteiger partial charge in [0.25, 0.3) is 0 Å². The first-order chi connectivity index (χ1) is 10.8. The zero-order valence-electron chi connectivity index (χ0n) is 13.3. The second-order valence-electron chi connectivity index (χ2n) is 5.90. The number of hydrogen-bond donors (Lipinski definition) is 8. The van der Waals surface area contributed by atoms with Crippen LogP contribution in [0.25, 0.3) is 0 Å². The van der Waals surface area contributed by atoms with Crippen molar-refractivity contribution in [1.29, 1.82) is 0 Å². The average molecular weight is 317 g/mol. The summed E-state index contributed by atoms with van der Waals surface area (Å²) in [5, 5.41) is 19.5. The van der Waals surface area contributed by atoms with Crippen LogP contribution >= 0.6 is 0 Å². The van der Waals surface area contributed by atoms with Gasteiger partial charge in [-0.05, 0) is 0 Å². The van der Waals surface area contributed by atoms with Crippen molar-refractivity contribution in [2.45, 2.75) is 24.3 Å². The highest BCUT2D eigenvalue weighted by molar-refractivity contribution is 4.85. The number of methoxy groups -OCH3 is 1. The molecule has 9 heteroatoms. The maximum atomic E-state index is 9.84. The lowest BCUT2D eigenvalue weighted by molar-refractivity contribution is 0.0913. The van der Waals surface area contributed by atoms with E-state index in [9.17, 15) is 5.11 Å². The van der Waals surface area contributed by atoms with E-state index in [1.54, 1.807) is 7.11 Å². The summed E-state index contributed by atoms with van der Waals surface area (Å²) in [5.74, 6) is 0. The van der Waals surface area contributed by atoms with Crippen LogP contribution < -0.4 is 37.7 Å². The van der Waals surface area contributed by atoms with Crippen molar-refractivity contribution in [1.82, 2.24) is 37.7 Å². The molecule has 2 saturated heterocycles. The van der Waals surface area contributed by atoms with E-state index < -0.39 is 6.10 Å². The quantitative estimate of drug-likeness (QED) is 0.0866. The van der Waals surface area contributed by atoms with E-state index in [1.165, 1.54) is 0 Å². The van der Waals surface area contributed by atoms with Crippen LogP contribution in [0, 0.1) is 0 Å². The Kier molecular flexibility index (Phi) is 8.52. The fourth-order valence-corrected chi connectivity index (χ4v) is 1.94. The van der Waals surface area contributed by atoms with E-state index in [1.807, 2.05) is 0 Å². The van der Waals surface area contributed by atoms with Gasteiger partial charge in [-0.1, -0.05) is 0 Å². The molecule has 2 heterocycles. The average Bonchev–Trinajstić information content (AvgIpc) is 3.40. The Labute approximate surface area is 132 Å². The number of nitrogens with one attached hydrogen (secondary N) is 7. The van der Waals surface area contributed by atoms with Gasteiger partial charge in [-0.2, -0.15) is 0 Å². The van der Waals surface area contributed by atoms with E-state index in [-0.39, 0.29) is 6.10 Å². The van der Waals surface area contributed by atoms with Gasteiger partial charge in [-0.15, -0.1) is 0 Å². The molecule has 8 N–H and O–H groups in total. The first-order valence-corrected chi connectivity index (χ1v) is 8.07. The molecule has 22 heavy (non-hydrogen) atoms. The maximum Gasteiger partial charge on any atom is 0.0833 e. The predicted molar refractivity (Wildman–Crippen MR) is 85.3 cm³/mol. The smallest absolute Gasteiger partial charge is 0.0833 e. The topological polar surface area (TPSA) is 133 Å². The Morgan fingerprint density at radius 1 is 0.955 bits per heavy atom. The zero-order chi connectivity index (χ0) is 15.6. The van der Waals surface area contributed by atoms with Crippen molar-refractivity contribution in [3.05, 3.63) is 0 Å². The standard InChI is InChI=1S/C13H31N7O2/c1-22-13(9-20-18-5-11-3-16-11)8-14-6-12(21)7-19-17-4-10-2-15-10/h10-21H,2-9H2,1H3. The lowest BCUT2D eigenvalue weighted by Gasteiger charge is -2.19. The minimum atomic E-state index is -0.427. The minimum absolute atomic E-state index is 0.0684. The molecule has 4 unspecified atom stereocenters. The summed E-state index contributed by atoms with van der Waals surface area (Å²) in [5.41, 5.74) is 12.4. The summed E-state index contributed by atoms with van der Waals surface area (Å²) >= 11 is 0. The van der Waals surface area contributed by atoms with Crippen molar-refractivity contribution in [3.8, 4) is 0 Å². The maximum absolute atomic E-state index is 9.84. The van der Waals surface area contributed by atoms with Crippen LogP contribution in [0.3, 0.4) is 0 Å². The van der Waals surface area contributed by atoms with Crippen LogP contribution in [0.15, 0.2) is 0 Å². The number of hydrazine groups is 2. The van der Waals surface area contributed by atoms with Crippen molar-refractivity contribution >= 4 is 0 Å². The molecule has 0 aromatic rings. The van der Waals surface area contributed by atoms with Crippen LogP contribution in [0.2, 0.25) is 0 Å². The van der Waals surface area contributed by atoms with Gasteiger partial charge in [0, 0.05) is 71.6 Å². The van der Waals surface area contributed by atoms with Crippen molar-refractivity contribution in [2.24, 2.45) is 0 Å². The van der Waals surface area contributed by atoms with Gasteiger partial charge < -0.3 is 25.8 Å². The monoisotopic (exact) mass is 317 g/mol. The summed E-state index contributed by atoms with van der Waals surface area (Å²) in [6.45, 7) is 6.47. The summed E-state index contributed by atoms with van der Waals surface area (Å²) < 4.78 is 5.39. The van der Waals surface area contributed by atoms with E-state index in [0.29, 0.717) is 31.7 Å². The predicted octanol–water partition coefficient (Wildman–Crippen LogP) is -3.92. The van der Waals surface area contributed by atoms with Gasteiger partial charge >= 0.3 is 0 Å². The number of aliphatic hydroxyl groups excluding tert-OH is 1. The number of ether oxygens (including phenoxy) is 1. The second kappa shape index (κ2) is 10.4. The molecule has 2 aliphatic heterocycles. The number of hydrogen-bond acceptors (Lipinski definition) is 9. The fraction of sp³-hybridized carbons (Fsp3) is 1.00. The van der Waals surface area contributed by atoms with Crippen LogP contribution in [0.5, 0.6) is 0 Å². The number of rotatable bonds is 15. The van der Waals surface area contributed by atoms with Crippen molar-refractivity contribution < 1.29 is 9.84 Å². The summed E-state index contributed by atoms with van der Waals surface area (Å²) in [6.07, 6.45) is -0.358. The van der Waals surface area contributed by atoms with Gasteiger partial charge in [0.05, 0.1) is 12.2 Å². The van der Waals surface area contributed by atoms with Gasteiger partial charge in [0.1, 0.15) is 0 Å². The first kappa shape index (κ1) is 18.0. The molecule has 0 aromatic heterocycles. The molecule has 4 atom stereocenters. The lowest BCUT2D eigenvalue weighted by atomic mass is 10.3. The van der Waals surface area contributed by atoms with Crippen LogP contribution in [0.4, 0.5) is 0 Å². The molecule has 0 spiro atoms. The Morgan fingerprint density at radius 3 is 2.09 bits per heavy atom. The van der Waals surface area contributed by atoms with E-state index in [2.05, 4.69) is 37.7 Å². The minimum Gasteiger partial charge on any atom is -0.390 e. The summed E-state index contributed by atoms with van der Waals surface area (Å²) in [7, 11) is 1.70. The molecule has 2 fully saturated rings. The van der Waals surface area contributed by atoms with Crippen molar-refractivity contribution in [3.63, 3.8) is 0 Å². The van der Waals surface area contributed by atoms with Crippen molar-refractivity contribution in [2.75, 3.05) is 59.5 Å². The molecular formula is C13H31N7O2. The third-order valence-electron chi connectivity index (χ3n) is 3.69.